The van der Waals surface area contributed by atoms with Gasteiger partial charge in [-0.1, -0.05) is 17.7 Å². The maximum Gasteiger partial charge on any atom is 0.329 e. The van der Waals surface area contributed by atoms with Gasteiger partial charge in [-0.05, 0) is 23.8 Å². The number of nitrogens with one attached hydrogen (secondary N) is 2. The van der Waals surface area contributed by atoms with Crippen LogP contribution in [0.15, 0.2) is 39.9 Å². The number of halogens is 1. The lowest BCUT2D eigenvalue weighted by atomic mass is 10.1. The van der Waals surface area contributed by atoms with Gasteiger partial charge in [-0.25, -0.2) is 9.36 Å². The third-order valence-electron chi connectivity index (χ3n) is 4.67. The number of nitrogens with zero attached hydrogens (tertiary/aromatic N) is 1. The van der Waals surface area contributed by atoms with Gasteiger partial charge in [0, 0.05) is 6.07 Å². The number of hydrogen-bond donors (Lipinski definition) is 2. The number of anilines is 1. The van der Waals surface area contributed by atoms with Crippen LogP contribution in [0.4, 0.5) is 5.69 Å². The number of H-pyrrole nitrogens is 1. The summed E-state index contributed by atoms with van der Waals surface area (Å²) in [5.41, 5.74) is -0.233. The molecule has 0 bridgehead atoms. The number of ether oxygens (including phenoxy) is 3. The normalized spacial score (nSPS) is 10.6. The fraction of sp³-hybridized carbons (Fsp3) is 0.238. The average Bonchev–Trinajstić information content (AvgIpc) is 2.76. The molecule has 1 aromatic heterocycles. The Morgan fingerprint density at radius 3 is 2.44 bits per heavy atom. The summed E-state index contributed by atoms with van der Waals surface area (Å²) in [5.74, 6) is -0.323. The number of aromatic nitrogens is 2. The minimum atomic E-state index is -0.757. The highest BCUT2D eigenvalue weighted by atomic mass is 35.5. The van der Waals surface area contributed by atoms with Crippen molar-refractivity contribution in [1.82, 2.24) is 9.55 Å². The van der Waals surface area contributed by atoms with Crippen LogP contribution in [0.5, 0.6) is 11.5 Å². The Labute approximate surface area is 186 Å². The van der Waals surface area contributed by atoms with Gasteiger partial charge in [0.05, 0.1) is 49.4 Å². The van der Waals surface area contributed by atoms with Gasteiger partial charge in [0.25, 0.3) is 5.56 Å². The second kappa shape index (κ2) is 9.56. The third kappa shape index (κ3) is 4.75. The molecule has 0 fully saturated rings. The molecule has 0 spiro atoms. The molecule has 0 saturated heterocycles. The summed E-state index contributed by atoms with van der Waals surface area (Å²) >= 11 is 6.12. The van der Waals surface area contributed by atoms with E-state index in [2.05, 4.69) is 15.0 Å². The van der Waals surface area contributed by atoms with E-state index in [0.29, 0.717) is 27.8 Å². The molecule has 10 nitrogen and oxygen atoms in total. The highest BCUT2D eigenvalue weighted by Gasteiger charge is 2.15. The second-order valence-electron chi connectivity index (χ2n) is 6.69. The van der Waals surface area contributed by atoms with Crippen molar-refractivity contribution in [2.75, 3.05) is 26.6 Å². The first-order valence-corrected chi connectivity index (χ1v) is 9.69. The first-order valence-electron chi connectivity index (χ1n) is 9.31. The van der Waals surface area contributed by atoms with Gasteiger partial charge in [0.15, 0.2) is 0 Å². The maximum atomic E-state index is 12.6. The highest BCUT2D eigenvalue weighted by Crippen LogP contribution is 2.35. The van der Waals surface area contributed by atoms with Crippen molar-refractivity contribution in [3.05, 3.63) is 61.8 Å². The van der Waals surface area contributed by atoms with E-state index >= 15 is 0 Å². The van der Waals surface area contributed by atoms with Crippen LogP contribution in [-0.2, 0) is 27.3 Å². The lowest BCUT2D eigenvalue weighted by Crippen LogP contribution is -2.37. The van der Waals surface area contributed by atoms with E-state index in [4.69, 9.17) is 21.1 Å². The standard InChI is InChI=1S/C21H20ClN3O7/c1-30-16-9-17(31-2)15(8-13(16)22)23-18(26)7-11-4-5-12-14(6-11)24-21(29)25(20(12)28)10-19(27)32-3/h4-6,8-9H,7,10H2,1-3H3,(H,23,26)(H,24,29). The van der Waals surface area contributed by atoms with E-state index in [9.17, 15) is 19.2 Å². The first-order chi connectivity index (χ1) is 15.3. The number of rotatable bonds is 7. The van der Waals surface area contributed by atoms with Gasteiger partial charge < -0.3 is 24.5 Å². The lowest BCUT2D eigenvalue weighted by molar-refractivity contribution is -0.141. The molecule has 3 rings (SSSR count). The fourth-order valence-electron chi connectivity index (χ4n) is 3.09. The largest absolute Gasteiger partial charge is 0.495 e. The van der Waals surface area contributed by atoms with Crippen LogP contribution < -0.4 is 26.0 Å². The van der Waals surface area contributed by atoms with Crippen molar-refractivity contribution in [3.63, 3.8) is 0 Å². The topological polar surface area (TPSA) is 129 Å². The number of esters is 1. The Bertz CT molecular complexity index is 1310. The average molecular weight is 462 g/mol. The zero-order chi connectivity index (χ0) is 23.4. The summed E-state index contributed by atoms with van der Waals surface area (Å²) in [7, 11) is 4.08. The Kier molecular flexibility index (Phi) is 6.84. The Morgan fingerprint density at radius 1 is 1.06 bits per heavy atom. The van der Waals surface area contributed by atoms with Gasteiger partial charge in [0.1, 0.15) is 18.0 Å². The highest BCUT2D eigenvalue weighted by molar-refractivity contribution is 6.32. The van der Waals surface area contributed by atoms with Crippen molar-refractivity contribution in [3.8, 4) is 11.5 Å². The molecule has 168 valence electrons. The number of methoxy groups -OCH3 is 3. The minimum absolute atomic E-state index is 0.0456. The van der Waals surface area contributed by atoms with Crippen molar-refractivity contribution < 1.29 is 23.8 Å². The molecule has 0 atom stereocenters. The van der Waals surface area contributed by atoms with E-state index in [1.54, 1.807) is 12.1 Å². The number of aromatic amines is 1. The van der Waals surface area contributed by atoms with E-state index in [0.717, 1.165) is 11.7 Å². The smallest absolute Gasteiger partial charge is 0.329 e. The van der Waals surface area contributed by atoms with Crippen LogP contribution in [0.2, 0.25) is 5.02 Å². The quantitative estimate of drug-likeness (QED) is 0.512. The number of benzene rings is 2. The van der Waals surface area contributed by atoms with Crippen LogP contribution in [0.3, 0.4) is 0 Å². The van der Waals surface area contributed by atoms with Gasteiger partial charge in [-0.15, -0.1) is 0 Å². The predicted molar refractivity (Wildman–Crippen MR) is 118 cm³/mol. The van der Waals surface area contributed by atoms with E-state index < -0.39 is 23.8 Å². The summed E-state index contributed by atoms with van der Waals surface area (Å²) in [6.45, 7) is -0.503. The van der Waals surface area contributed by atoms with Crippen molar-refractivity contribution in [1.29, 1.82) is 0 Å². The molecular weight excluding hydrogens is 442 g/mol. The first kappa shape index (κ1) is 22.9. The Balaban J connectivity index is 1.85. The lowest BCUT2D eigenvalue weighted by Gasteiger charge is -2.13. The molecule has 0 aliphatic heterocycles. The van der Waals surface area contributed by atoms with Crippen molar-refractivity contribution in [2.24, 2.45) is 0 Å². The number of fused-ring (bicyclic) bond motifs is 1. The third-order valence-corrected chi connectivity index (χ3v) is 4.97. The molecule has 0 radical (unpaired) electrons. The van der Waals surface area contributed by atoms with Crippen LogP contribution in [0.1, 0.15) is 5.56 Å². The summed E-state index contributed by atoms with van der Waals surface area (Å²) in [5, 5.41) is 3.21. The van der Waals surface area contributed by atoms with E-state index in [-0.39, 0.29) is 23.2 Å². The second-order valence-corrected chi connectivity index (χ2v) is 7.10. The Hall–Kier alpha value is -3.79. The summed E-state index contributed by atoms with van der Waals surface area (Å²) < 4.78 is 15.6. The molecule has 0 saturated carbocycles. The molecule has 32 heavy (non-hydrogen) atoms. The van der Waals surface area contributed by atoms with E-state index in [1.807, 2.05) is 0 Å². The maximum absolute atomic E-state index is 12.6. The fourth-order valence-corrected chi connectivity index (χ4v) is 3.33. The van der Waals surface area contributed by atoms with Gasteiger partial charge in [-0.2, -0.15) is 0 Å². The molecule has 1 amide bonds. The molecule has 2 aromatic carbocycles. The number of carbonyl (C=O) groups is 2. The molecule has 2 N–H and O–H groups in total. The zero-order valence-corrected chi connectivity index (χ0v) is 18.2. The van der Waals surface area contributed by atoms with Crippen LogP contribution in [0.25, 0.3) is 10.9 Å². The Morgan fingerprint density at radius 2 is 1.78 bits per heavy atom. The van der Waals surface area contributed by atoms with Crippen LogP contribution in [0, 0.1) is 0 Å². The minimum Gasteiger partial charge on any atom is -0.495 e. The molecule has 0 unspecified atom stereocenters. The van der Waals surface area contributed by atoms with Crippen LogP contribution >= 0.6 is 11.6 Å². The zero-order valence-electron chi connectivity index (χ0n) is 17.5. The van der Waals surface area contributed by atoms with Crippen LogP contribution in [-0.4, -0.2) is 42.8 Å². The SMILES string of the molecule is COC(=O)Cn1c(=O)[nH]c2cc(CC(=O)Nc3cc(Cl)c(OC)cc3OC)ccc2c1=O. The van der Waals surface area contributed by atoms with Crippen molar-refractivity contribution >= 4 is 40.1 Å². The summed E-state index contributed by atoms with van der Waals surface area (Å²) in [6.07, 6.45) is -0.0456. The molecule has 11 heteroatoms. The van der Waals surface area contributed by atoms with Gasteiger partial charge in [-0.3, -0.25) is 14.4 Å². The monoisotopic (exact) mass is 461 g/mol. The molecule has 1 heterocycles. The molecular formula is C21H20ClN3O7. The number of hydrogen-bond acceptors (Lipinski definition) is 7. The molecule has 0 aliphatic carbocycles. The molecule has 3 aromatic rings. The van der Waals surface area contributed by atoms with Gasteiger partial charge >= 0.3 is 11.7 Å². The number of carbonyl (C=O) groups excluding carboxylic acids is 2. The summed E-state index contributed by atoms with van der Waals surface area (Å²) in [6, 6.07) is 7.66. The van der Waals surface area contributed by atoms with Crippen molar-refractivity contribution in [2.45, 2.75) is 13.0 Å². The summed E-state index contributed by atoms with van der Waals surface area (Å²) in [4.78, 5) is 51.3. The molecule has 0 aliphatic rings. The predicted octanol–water partition coefficient (Wildman–Crippen LogP) is 1.71. The number of amides is 1. The van der Waals surface area contributed by atoms with Gasteiger partial charge in [0.2, 0.25) is 5.91 Å². The van der Waals surface area contributed by atoms with E-state index in [1.165, 1.54) is 32.4 Å².